The van der Waals surface area contributed by atoms with E-state index in [1.807, 2.05) is 0 Å². The van der Waals surface area contributed by atoms with E-state index in [1.54, 1.807) is 18.2 Å². The minimum absolute atomic E-state index is 0.0616. The summed E-state index contributed by atoms with van der Waals surface area (Å²) in [5.41, 5.74) is 0.614. The third kappa shape index (κ3) is 2.90. The van der Waals surface area contributed by atoms with Crippen molar-refractivity contribution in [1.29, 1.82) is 0 Å². The van der Waals surface area contributed by atoms with Gasteiger partial charge in [0, 0.05) is 17.1 Å². The van der Waals surface area contributed by atoms with Crippen LogP contribution in [0.3, 0.4) is 0 Å². The first kappa shape index (κ1) is 16.1. The van der Waals surface area contributed by atoms with E-state index < -0.39 is 12.0 Å². The van der Waals surface area contributed by atoms with Crippen LogP contribution in [0.4, 0.5) is 0 Å². The molecule has 1 saturated heterocycles. The molecule has 1 N–H and O–H groups in total. The number of aliphatic carboxylic acids is 1. The Balaban J connectivity index is 1.82. The number of carbonyl (C=O) groups is 2. The first-order valence-corrected chi connectivity index (χ1v) is 8.24. The van der Waals surface area contributed by atoms with E-state index in [1.165, 1.54) is 12.0 Å². The maximum absolute atomic E-state index is 12.7. The summed E-state index contributed by atoms with van der Waals surface area (Å²) in [7, 11) is 1.53. The van der Waals surface area contributed by atoms with Gasteiger partial charge in [-0.05, 0) is 36.8 Å². The number of fused-ring (bicyclic) bond motifs is 1. The average Bonchev–Trinajstić information content (AvgIpc) is 3.09. The highest BCUT2D eigenvalue weighted by Crippen LogP contribution is 2.42. The highest BCUT2D eigenvalue weighted by Gasteiger charge is 2.49. The standard InChI is InChI=1S/C17H20ClNO4/c1-23-14-7-3-6-13(18)12(14)8-15(20)19-9-10-4-2-5-11(10)16(19)17(21)22/h3,6-7,10-11,16H,2,4-5,8-9H2,1H3,(H,21,22). The van der Waals surface area contributed by atoms with Gasteiger partial charge in [-0.1, -0.05) is 24.1 Å². The molecule has 2 fully saturated rings. The van der Waals surface area contributed by atoms with Crippen LogP contribution in [0.2, 0.25) is 5.02 Å². The first-order valence-electron chi connectivity index (χ1n) is 7.86. The second kappa shape index (κ2) is 6.40. The molecule has 3 rings (SSSR count). The Bertz CT molecular complexity index is 633. The Morgan fingerprint density at radius 3 is 2.87 bits per heavy atom. The zero-order chi connectivity index (χ0) is 16.6. The fourth-order valence-electron chi connectivity index (χ4n) is 4.03. The van der Waals surface area contributed by atoms with Crippen LogP contribution in [0, 0.1) is 11.8 Å². The van der Waals surface area contributed by atoms with Crippen molar-refractivity contribution in [2.45, 2.75) is 31.7 Å². The average molecular weight is 338 g/mol. The second-order valence-corrected chi connectivity index (χ2v) is 6.69. The lowest BCUT2D eigenvalue weighted by molar-refractivity contribution is -0.149. The number of carboxylic acid groups (broad SMARTS) is 1. The summed E-state index contributed by atoms with van der Waals surface area (Å²) in [6, 6.07) is 4.51. The highest BCUT2D eigenvalue weighted by molar-refractivity contribution is 6.31. The summed E-state index contributed by atoms with van der Waals surface area (Å²) in [5, 5.41) is 10.0. The topological polar surface area (TPSA) is 66.8 Å². The number of hydrogen-bond donors (Lipinski definition) is 1. The zero-order valence-electron chi connectivity index (χ0n) is 13.0. The molecule has 1 aliphatic carbocycles. The van der Waals surface area contributed by atoms with Crippen LogP contribution in [0.15, 0.2) is 18.2 Å². The first-order chi connectivity index (χ1) is 11.0. The monoisotopic (exact) mass is 337 g/mol. The van der Waals surface area contributed by atoms with E-state index >= 15 is 0 Å². The van der Waals surface area contributed by atoms with Gasteiger partial charge in [-0.25, -0.2) is 4.79 Å². The van der Waals surface area contributed by atoms with Gasteiger partial charge in [0.05, 0.1) is 13.5 Å². The van der Waals surface area contributed by atoms with Crippen molar-refractivity contribution in [3.05, 3.63) is 28.8 Å². The number of hydrogen-bond acceptors (Lipinski definition) is 3. The Morgan fingerprint density at radius 1 is 1.39 bits per heavy atom. The quantitative estimate of drug-likeness (QED) is 0.917. The van der Waals surface area contributed by atoms with Gasteiger partial charge in [0.2, 0.25) is 5.91 Å². The van der Waals surface area contributed by atoms with Crippen molar-refractivity contribution in [3.63, 3.8) is 0 Å². The number of methoxy groups -OCH3 is 1. The van der Waals surface area contributed by atoms with Crippen molar-refractivity contribution in [1.82, 2.24) is 4.90 Å². The predicted molar refractivity (Wildman–Crippen MR) is 85.7 cm³/mol. The normalized spacial score (nSPS) is 26.2. The highest BCUT2D eigenvalue weighted by atomic mass is 35.5. The number of rotatable bonds is 4. The van der Waals surface area contributed by atoms with Gasteiger partial charge in [0.25, 0.3) is 0 Å². The van der Waals surface area contributed by atoms with Crippen LogP contribution in [-0.2, 0) is 16.0 Å². The molecule has 1 saturated carbocycles. The zero-order valence-corrected chi connectivity index (χ0v) is 13.8. The molecule has 0 bridgehead atoms. The molecule has 1 aliphatic heterocycles. The Kier molecular flexibility index (Phi) is 4.48. The predicted octanol–water partition coefficient (Wildman–Crippen LogP) is 2.60. The van der Waals surface area contributed by atoms with E-state index in [9.17, 15) is 14.7 Å². The van der Waals surface area contributed by atoms with Crippen molar-refractivity contribution < 1.29 is 19.4 Å². The summed E-state index contributed by atoms with van der Waals surface area (Å²) in [6.45, 7) is 0.535. The van der Waals surface area contributed by atoms with Crippen LogP contribution in [0.5, 0.6) is 5.75 Å². The molecule has 0 spiro atoms. The summed E-state index contributed by atoms with van der Waals surface area (Å²) in [5.74, 6) is -0.146. The van der Waals surface area contributed by atoms with E-state index in [4.69, 9.17) is 16.3 Å². The molecule has 0 aromatic heterocycles. The third-order valence-electron chi connectivity index (χ3n) is 5.09. The smallest absolute Gasteiger partial charge is 0.326 e. The molecule has 0 radical (unpaired) electrons. The molecule has 5 nitrogen and oxygen atoms in total. The number of amides is 1. The Morgan fingerprint density at radius 2 is 2.17 bits per heavy atom. The fraction of sp³-hybridized carbons (Fsp3) is 0.529. The van der Waals surface area contributed by atoms with Crippen LogP contribution in [-0.4, -0.2) is 41.6 Å². The maximum Gasteiger partial charge on any atom is 0.326 e. The van der Waals surface area contributed by atoms with Gasteiger partial charge in [-0.3, -0.25) is 4.79 Å². The molecular formula is C17H20ClNO4. The molecule has 1 aromatic carbocycles. The Hall–Kier alpha value is -1.75. The molecule has 1 amide bonds. The van der Waals surface area contributed by atoms with E-state index in [0.29, 0.717) is 28.8 Å². The number of benzene rings is 1. The van der Waals surface area contributed by atoms with Gasteiger partial charge in [0.15, 0.2) is 0 Å². The number of carbonyl (C=O) groups excluding carboxylic acids is 1. The minimum atomic E-state index is -0.904. The fourth-order valence-corrected chi connectivity index (χ4v) is 4.27. The van der Waals surface area contributed by atoms with Gasteiger partial charge >= 0.3 is 5.97 Å². The second-order valence-electron chi connectivity index (χ2n) is 6.28. The SMILES string of the molecule is COc1cccc(Cl)c1CC(=O)N1CC2CCCC2C1C(=O)O. The van der Waals surface area contributed by atoms with Crippen molar-refractivity contribution in [2.24, 2.45) is 11.8 Å². The number of carboxylic acids is 1. The van der Waals surface area contributed by atoms with Crippen molar-refractivity contribution in [2.75, 3.05) is 13.7 Å². The van der Waals surface area contributed by atoms with Gasteiger partial charge in [-0.2, -0.15) is 0 Å². The number of likely N-dealkylation sites (tertiary alicyclic amines) is 1. The van der Waals surface area contributed by atoms with E-state index in [0.717, 1.165) is 19.3 Å². The third-order valence-corrected chi connectivity index (χ3v) is 5.44. The molecule has 1 aromatic rings. The molecule has 6 heteroatoms. The lowest BCUT2D eigenvalue weighted by Gasteiger charge is -2.25. The molecular weight excluding hydrogens is 318 g/mol. The summed E-state index contributed by atoms with van der Waals surface area (Å²) in [6.07, 6.45) is 3.01. The molecule has 3 atom stereocenters. The van der Waals surface area contributed by atoms with Gasteiger partial charge < -0.3 is 14.7 Å². The minimum Gasteiger partial charge on any atom is -0.496 e. The number of halogens is 1. The molecule has 1 heterocycles. The van der Waals surface area contributed by atoms with Crippen LogP contribution in [0.1, 0.15) is 24.8 Å². The summed E-state index contributed by atoms with van der Waals surface area (Å²) in [4.78, 5) is 25.9. The van der Waals surface area contributed by atoms with Gasteiger partial charge in [0.1, 0.15) is 11.8 Å². The van der Waals surface area contributed by atoms with Crippen LogP contribution >= 0.6 is 11.6 Å². The lowest BCUT2D eigenvalue weighted by atomic mass is 9.94. The largest absolute Gasteiger partial charge is 0.496 e. The van der Waals surface area contributed by atoms with Crippen LogP contribution < -0.4 is 4.74 Å². The van der Waals surface area contributed by atoms with Crippen molar-refractivity contribution >= 4 is 23.5 Å². The molecule has 3 unspecified atom stereocenters. The maximum atomic E-state index is 12.7. The number of nitrogens with zero attached hydrogens (tertiary/aromatic N) is 1. The van der Waals surface area contributed by atoms with Gasteiger partial charge in [-0.15, -0.1) is 0 Å². The van der Waals surface area contributed by atoms with Crippen molar-refractivity contribution in [3.8, 4) is 5.75 Å². The van der Waals surface area contributed by atoms with E-state index in [2.05, 4.69) is 0 Å². The summed E-state index contributed by atoms with van der Waals surface area (Å²) < 4.78 is 5.27. The molecule has 124 valence electrons. The molecule has 2 aliphatic rings. The Labute approximate surface area is 140 Å². The lowest BCUT2D eigenvalue weighted by Crippen LogP contribution is -2.44. The van der Waals surface area contributed by atoms with E-state index in [-0.39, 0.29) is 18.2 Å². The van der Waals surface area contributed by atoms with Crippen LogP contribution in [0.25, 0.3) is 0 Å². The number of ether oxygens (including phenoxy) is 1. The summed E-state index contributed by atoms with van der Waals surface area (Å²) >= 11 is 6.19. The molecule has 23 heavy (non-hydrogen) atoms.